The van der Waals surface area contributed by atoms with Crippen molar-refractivity contribution in [3.8, 4) is 0 Å². The van der Waals surface area contributed by atoms with E-state index in [1.807, 2.05) is 32.6 Å². The minimum atomic E-state index is -0.816. The summed E-state index contributed by atoms with van der Waals surface area (Å²) in [6.07, 6.45) is -0.389. The largest absolute Gasteiger partial charge is 0.481 e. The van der Waals surface area contributed by atoms with Crippen LogP contribution in [-0.2, 0) is 9.53 Å². The van der Waals surface area contributed by atoms with Gasteiger partial charge in [-0.25, -0.2) is 0 Å². The van der Waals surface area contributed by atoms with Crippen LogP contribution in [0.2, 0.25) is 0 Å². The summed E-state index contributed by atoms with van der Waals surface area (Å²) in [4.78, 5) is 12.5. The molecule has 17 heavy (non-hydrogen) atoms. The molecular formula is C12H25NO4. The molecule has 0 aliphatic rings. The highest BCUT2D eigenvalue weighted by Crippen LogP contribution is 2.03. The van der Waals surface area contributed by atoms with E-state index in [0.29, 0.717) is 13.1 Å². The van der Waals surface area contributed by atoms with E-state index in [2.05, 4.69) is 0 Å². The fraction of sp³-hybridized carbons (Fsp3) is 0.917. The van der Waals surface area contributed by atoms with Crippen LogP contribution in [0, 0.1) is 0 Å². The zero-order valence-corrected chi connectivity index (χ0v) is 11.2. The van der Waals surface area contributed by atoms with Crippen LogP contribution in [-0.4, -0.2) is 59.0 Å². The summed E-state index contributed by atoms with van der Waals surface area (Å²) in [5.41, 5.74) is 0. The molecule has 1 unspecified atom stereocenters. The molecule has 0 bridgehead atoms. The molecule has 5 heteroatoms. The van der Waals surface area contributed by atoms with E-state index in [4.69, 9.17) is 9.84 Å². The zero-order valence-electron chi connectivity index (χ0n) is 11.2. The van der Waals surface area contributed by atoms with Crippen molar-refractivity contribution < 1.29 is 19.7 Å². The van der Waals surface area contributed by atoms with Gasteiger partial charge in [-0.3, -0.25) is 9.69 Å². The number of carboxylic acids is 1. The van der Waals surface area contributed by atoms with E-state index >= 15 is 0 Å². The fourth-order valence-electron chi connectivity index (χ4n) is 1.43. The van der Waals surface area contributed by atoms with Crippen molar-refractivity contribution in [1.82, 2.24) is 4.90 Å². The van der Waals surface area contributed by atoms with E-state index in [9.17, 15) is 9.90 Å². The Hall–Kier alpha value is -0.650. The molecule has 0 amide bonds. The number of hydrogen-bond donors (Lipinski definition) is 2. The van der Waals surface area contributed by atoms with Crippen molar-refractivity contribution in [2.75, 3.05) is 19.7 Å². The molecule has 102 valence electrons. The van der Waals surface area contributed by atoms with Crippen molar-refractivity contribution in [2.45, 2.75) is 52.4 Å². The Morgan fingerprint density at radius 3 is 2.29 bits per heavy atom. The predicted octanol–water partition coefficient (Wildman–Crippen LogP) is 0.957. The number of rotatable bonds is 9. The van der Waals surface area contributed by atoms with Crippen LogP contribution in [0.3, 0.4) is 0 Å². The van der Waals surface area contributed by atoms with Gasteiger partial charge >= 0.3 is 5.97 Å². The normalized spacial score (nSPS) is 13.6. The molecule has 0 fully saturated rings. The molecule has 0 spiro atoms. The van der Waals surface area contributed by atoms with Gasteiger partial charge in [-0.15, -0.1) is 0 Å². The lowest BCUT2D eigenvalue weighted by Gasteiger charge is -2.28. The lowest BCUT2D eigenvalue weighted by molar-refractivity contribution is -0.137. The first-order valence-electron chi connectivity index (χ1n) is 6.08. The minimum absolute atomic E-state index is 0.0932. The SMILES string of the molecule is CC(C)OCC(O)CN(CCC(=O)O)C(C)C. The molecule has 0 saturated heterocycles. The van der Waals surface area contributed by atoms with Crippen LogP contribution in [0.4, 0.5) is 0 Å². The van der Waals surface area contributed by atoms with Crippen molar-refractivity contribution in [3.05, 3.63) is 0 Å². The Bertz CT molecular complexity index is 219. The second-order valence-corrected chi connectivity index (χ2v) is 4.77. The molecular weight excluding hydrogens is 222 g/mol. The Morgan fingerprint density at radius 2 is 1.88 bits per heavy atom. The smallest absolute Gasteiger partial charge is 0.304 e. The van der Waals surface area contributed by atoms with Crippen LogP contribution in [0.5, 0.6) is 0 Å². The third-order valence-corrected chi connectivity index (χ3v) is 2.41. The van der Waals surface area contributed by atoms with Crippen molar-refractivity contribution in [3.63, 3.8) is 0 Å². The van der Waals surface area contributed by atoms with E-state index in [1.165, 1.54) is 0 Å². The van der Waals surface area contributed by atoms with E-state index in [1.54, 1.807) is 0 Å². The van der Waals surface area contributed by atoms with Crippen LogP contribution in [0.15, 0.2) is 0 Å². The summed E-state index contributed by atoms with van der Waals surface area (Å²) in [5, 5.41) is 18.4. The topological polar surface area (TPSA) is 70.0 Å². The van der Waals surface area contributed by atoms with Crippen LogP contribution in [0.25, 0.3) is 0 Å². The quantitative estimate of drug-likeness (QED) is 0.635. The summed E-state index contributed by atoms with van der Waals surface area (Å²) < 4.78 is 5.32. The number of aliphatic carboxylic acids is 1. The summed E-state index contributed by atoms with van der Waals surface area (Å²) in [5.74, 6) is -0.816. The highest BCUT2D eigenvalue weighted by atomic mass is 16.5. The van der Waals surface area contributed by atoms with Crippen molar-refractivity contribution >= 4 is 5.97 Å². The predicted molar refractivity (Wildman–Crippen MR) is 66.1 cm³/mol. The molecule has 0 saturated carbocycles. The molecule has 0 aromatic carbocycles. The average Bonchev–Trinajstić information content (AvgIpc) is 2.20. The zero-order chi connectivity index (χ0) is 13.4. The van der Waals surface area contributed by atoms with Gasteiger partial charge in [-0.1, -0.05) is 0 Å². The summed E-state index contributed by atoms with van der Waals surface area (Å²) >= 11 is 0. The van der Waals surface area contributed by atoms with Crippen LogP contribution < -0.4 is 0 Å². The molecule has 0 radical (unpaired) electrons. The standard InChI is InChI=1S/C12H25NO4/c1-9(2)13(6-5-12(15)16)7-11(14)8-17-10(3)4/h9-11,14H,5-8H2,1-4H3,(H,15,16). The van der Waals surface area contributed by atoms with Gasteiger partial charge in [0.15, 0.2) is 0 Å². The molecule has 2 N–H and O–H groups in total. The fourth-order valence-corrected chi connectivity index (χ4v) is 1.43. The molecule has 0 aliphatic heterocycles. The molecule has 0 aromatic heterocycles. The van der Waals surface area contributed by atoms with Crippen molar-refractivity contribution in [2.24, 2.45) is 0 Å². The lowest BCUT2D eigenvalue weighted by atomic mass is 10.2. The monoisotopic (exact) mass is 247 g/mol. The summed E-state index contributed by atoms with van der Waals surface area (Å²) in [7, 11) is 0. The number of carbonyl (C=O) groups is 1. The van der Waals surface area contributed by atoms with Crippen molar-refractivity contribution in [1.29, 1.82) is 0 Å². The van der Waals surface area contributed by atoms with E-state index < -0.39 is 12.1 Å². The first-order valence-corrected chi connectivity index (χ1v) is 6.08. The lowest BCUT2D eigenvalue weighted by Crippen LogP contribution is -2.40. The third kappa shape index (κ3) is 9.09. The second kappa shape index (κ2) is 8.44. The van der Waals surface area contributed by atoms with Crippen LogP contribution >= 0.6 is 0 Å². The molecule has 0 aliphatic carbocycles. The summed E-state index contributed by atoms with van der Waals surface area (Å²) in [6.45, 7) is 8.97. The minimum Gasteiger partial charge on any atom is -0.481 e. The Kier molecular flexibility index (Phi) is 8.12. The summed E-state index contributed by atoms with van der Waals surface area (Å²) in [6, 6.07) is 0.211. The highest BCUT2D eigenvalue weighted by molar-refractivity contribution is 5.66. The van der Waals surface area contributed by atoms with Gasteiger partial charge in [0.1, 0.15) is 0 Å². The molecule has 0 rings (SSSR count). The van der Waals surface area contributed by atoms with Gasteiger partial charge in [0.05, 0.1) is 25.2 Å². The number of aliphatic hydroxyl groups excluding tert-OH is 1. The Balaban J connectivity index is 4.01. The molecule has 1 atom stereocenters. The molecule has 5 nitrogen and oxygen atoms in total. The maximum Gasteiger partial charge on any atom is 0.304 e. The molecule has 0 heterocycles. The number of nitrogens with zero attached hydrogens (tertiary/aromatic N) is 1. The average molecular weight is 247 g/mol. The second-order valence-electron chi connectivity index (χ2n) is 4.77. The van der Waals surface area contributed by atoms with Gasteiger partial charge in [0.25, 0.3) is 0 Å². The first-order chi connectivity index (χ1) is 7.82. The first kappa shape index (κ1) is 16.4. The van der Waals surface area contributed by atoms with Gasteiger partial charge in [-0.2, -0.15) is 0 Å². The van der Waals surface area contributed by atoms with Gasteiger partial charge in [0.2, 0.25) is 0 Å². The number of carboxylic acid groups (broad SMARTS) is 1. The maximum absolute atomic E-state index is 10.5. The van der Waals surface area contributed by atoms with Gasteiger partial charge < -0.3 is 14.9 Å². The Morgan fingerprint density at radius 1 is 1.29 bits per heavy atom. The highest BCUT2D eigenvalue weighted by Gasteiger charge is 2.16. The number of hydrogen-bond acceptors (Lipinski definition) is 4. The Labute approximate surface area is 103 Å². The van der Waals surface area contributed by atoms with Crippen LogP contribution in [0.1, 0.15) is 34.1 Å². The van der Waals surface area contributed by atoms with E-state index in [-0.39, 0.29) is 25.2 Å². The van der Waals surface area contributed by atoms with Gasteiger partial charge in [0, 0.05) is 19.1 Å². The number of aliphatic hydroxyl groups is 1. The third-order valence-electron chi connectivity index (χ3n) is 2.41. The molecule has 0 aromatic rings. The van der Waals surface area contributed by atoms with E-state index in [0.717, 1.165) is 0 Å². The van der Waals surface area contributed by atoms with Gasteiger partial charge in [-0.05, 0) is 27.7 Å². The maximum atomic E-state index is 10.5. The number of ether oxygens (including phenoxy) is 1.